The van der Waals surface area contributed by atoms with Crippen molar-refractivity contribution in [2.45, 2.75) is 60.1 Å². The Bertz CT molecular complexity index is 380. The molecule has 0 N–H and O–H groups in total. The average Bonchev–Trinajstić information content (AvgIpc) is 2.37. The standard InChI is InChI=1S/C14H19F3.C2H6/c1-5-10(3)11(4)12-6-9(2)7-13(8-12)14(15,16)17;1-2/h6-8,10-11H,5H2,1-4H3;1-2H3. The first-order chi connectivity index (χ1) is 8.75. The van der Waals surface area contributed by atoms with Gasteiger partial charge in [-0.25, -0.2) is 0 Å². The summed E-state index contributed by atoms with van der Waals surface area (Å²) in [6.45, 7) is 11.8. The van der Waals surface area contributed by atoms with Gasteiger partial charge in [-0.05, 0) is 36.5 Å². The van der Waals surface area contributed by atoms with E-state index in [1.807, 2.05) is 26.8 Å². The molecule has 0 aromatic heterocycles. The van der Waals surface area contributed by atoms with Gasteiger partial charge in [-0.3, -0.25) is 0 Å². The van der Waals surface area contributed by atoms with Crippen LogP contribution in [-0.4, -0.2) is 0 Å². The van der Waals surface area contributed by atoms with Gasteiger partial charge in [-0.2, -0.15) is 13.2 Å². The maximum absolute atomic E-state index is 12.7. The van der Waals surface area contributed by atoms with Gasteiger partial charge in [-0.15, -0.1) is 0 Å². The molecule has 1 aromatic rings. The highest BCUT2D eigenvalue weighted by atomic mass is 19.4. The highest BCUT2D eigenvalue weighted by Gasteiger charge is 2.31. The zero-order valence-electron chi connectivity index (χ0n) is 12.7. The molecule has 2 unspecified atom stereocenters. The second kappa shape index (κ2) is 7.56. The van der Waals surface area contributed by atoms with Crippen molar-refractivity contribution in [3.8, 4) is 0 Å². The van der Waals surface area contributed by atoms with Gasteiger partial charge in [0.15, 0.2) is 0 Å². The van der Waals surface area contributed by atoms with Crippen molar-refractivity contribution < 1.29 is 13.2 Å². The van der Waals surface area contributed by atoms with Crippen LogP contribution in [0.2, 0.25) is 0 Å². The van der Waals surface area contributed by atoms with Gasteiger partial charge in [-0.1, -0.05) is 52.7 Å². The van der Waals surface area contributed by atoms with Gasteiger partial charge < -0.3 is 0 Å². The van der Waals surface area contributed by atoms with Crippen molar-refractivity contribution in [1.29, 1.82) is 0 Å². The molecule has 110 valence electrons. The molecule has 0 aliphatic rings. The van der Waals surface area contributed by atoms with E-state index in [9.17, 15) is 13.2 Å². The summed E-state index contributed by atoms with van der Waals surface area (Å²) in [4.78, 5) is 0. The molecule has 0 radical (unpaired) electrons. The van der Waals surface area contributed by atoms with E-state index in [4.69, 9.17) is 0 Å². The quantitative estimate of drug-likeness (QED) is 0.616. The number of aryl methyl sites for hydroxylation is 1. The number of rotatable bonds is 3. The van der Waals surface area contributed by atoms with E-state index in [1.54, 1.807) is 6.92 Å². The van der Waals surface area contributed by atoms with Crippen molar-refractivity contribution in [3.05, 3.63) is 34.9 Å². The van der Waals surface area contributed by atoms with Gasteiger partial charge in [0.05, 0.1) is 5.56 Å². The van der Waals surface area contributed by atoms with Crippen molar-refractivity contribution in [2.75, 3.05) is 0 Å². The van der Waals surface area contributed by atoms with Gasteiger partial charge >= 0.3 is 6.18 Å². The summed E-state index contributed by atoms with van der Waals surface area (Å²) in [5, 5.41) is 0. The van der Waals surface area contributed by atoms with Crippen molar-refractivity contribution in [3.63, 3.8) is 0 Å². The van der Waals surface area contributed by atoms with Gasteiger partial charge in [0, 0.05) is 0 Å². The third-order valence-electron chi connectivity index (χ3n) is 3.45. The molecule has 1 rings (SSSR count). The molecule has 1 aromatic carbocycles. The summed E-state index contributed by atoms with van der Waals surface area (Å²) in [5.74, 6) is 0.541. The van der Waals surface area contributed by atoms with E-state index in [0.717, 1.165) is 12.0 Å². The van der Waals surface area contributed by atoms with Crippen molar-refractivity contribution >= 4 is 0 Å². The van der Waals surface area contributed by atoms with E-state index < -0.39 is 11.7 Å². The highest BCUT2D eigenvalue weighted by Crippen LogP contribution is 2.34. The number of alkyl halides is 3. The Kier molecular flexibility index (Phi) is 7.17. The summed E-state index contributed by atoms with van der Waals surface area (Å²) in [7, 11) is 0. The summed E-state index contributed by atoms with van der Waals surface area (Å²) in [6.07, 6.45) is -3.29. The molecular formula is C16H25F3. The fourth-order valence-corrected chi connectivity index (χ4v) is 1.92. The van der Waals surface area contributed by atoms with Crippen molar-refractivity contribution in [1.82, 2.24) is 0 Å². The van der Waals surface area contributed by atoms with Gasteiger partial charge in [0.2, 0.25) is 0 Å². The maximum Gasteiger partial charge on any atom is 0.416 e. The van der Waals surface area contributed by atoms with E-state index in [-0.39, 0.29) is 5.92 Å². The Hall–Kier alpha value is -0.990. The minimum atomic E-state index is -4.25. The lowest BCUT2D eigenvalue weighted by atomic mass is 9.86. The number of hydrogen-bond acceptors (Lipinski definition) is 0. The third-order valence-corrected chi connectivity index (χ3v) is 3.45. The Morgan fingerprint density at radius 1 is 1.05 bits per heavy atom. The molecule has 3 heteroatoms. The highest BCUT2D eigenvalue weighted by molar-refractivity contribution is 5.33. The first kappa shape index (κ1) is 18.0. The lowest BCUT2D eigenvalue weighted by Crippen LogP contribution is -2.10. The van der Waals surface area contributed by atoms with E-state index in [2.05, 4.69) is 13.8 Å². The molecule has 0 aliphatic carbocycles. The van der Waals surface area contributed by atoms with E-state index in [0.29, 0.717) is 11.5 Å². The molecule has 0 saturated carbocycles. The summed E-state index contributed by atoms with van der Waals surface area (Å²) in [6, 6.07) is 4.34. The van der Waals surface area contributed by atoms with Crippen LogP contribution in [0.3, 0.4) is 0 Å². The van der Waals surface area contributed by atoms with Crippen LogP contribution >= 0.6 is 0 Å². The molecule has 19 heavy (non-hydrogen) atoms. The average molecular weight is 274 g/mol. The Balaban J connectivity index is 0.00000154. The van der Waals surface area contributed by atoms with Crippen LogP contribution in [0.4, 0.5) is 13.2 Å². The Morgan fingerprint density at radius 2 is 1.58 bits per heavy atom. The maximum atomic E-state index is 12.7. The van der Waals surface area contributed by atoms with Crippen LogP contribution in [0.5, 0.6) is 0 Å². The van der Waals surface area contributed by atoms with E-state index in [1.165, 1.54) is 12.1 Å². The lowest BCUT2D eigenvalue weighted by molar-refractivity contribution is -0.137. The lowest BCUT2D eigenvalue weighted by Gasteiger charge is -2.20. The Labute approximate surface area is 115 Å². The van der Waals surface area contributed by atoms with Crippen LogP contribution in [0.15, 0.2) is 18.2 Å². The predicted octanol–water partition coefficient (Wildman–Crippen LogP) is 6.19. The normalized spacial score (nSPS) is 14.4. The second-order valence-electron chi connectivity index (χ2n) is 4.80. The molecule has 0 nitrogen and oxygen atoms in total. The van der Waals surface area contributed by atoms with Gasteiger partial charge in [0.1, 0.15) is 0 Å². The number of halogens is 3. The largest absolute Gasteiger partial charge is 0.416 e. The fourth-order valence-electron chi connectivity index (χ4n) is 1.92. The smallest absolute Gasteiger partial charge is 0.166 e. The van der Waals surface area contributed by atoms with E-state index >= 15 is 0 Å². The summed E-state index contributed by atoms with van der Waals surface area (Å²) >= 11 is 0. The monoisotopic (exact) mass is 274 g/mol. The molecule has 0 bridgehead atoms. The molecule has 0 fully saturated rings. The second-order valence-corrected chi connectivity index (χ2v) is 4.80. The molecule has 0 spiro atoms. The SMILES string of the molecule is CC.CCC(C)C(C)c1cc(C)cc(C(F)(F)F)c1. The molecular weight excluding hydrogens is 249 g/mol. The number of benzene rings is 1. The first-order valence-corrected chi connectivity index (χ1v) is 6.94. The van der Waals surface area contributed by atoms with Crippen LogP contribution < -0.4 is 0 Å². The Morgan fingerprint density at radius 3 is 2.00 bits per heavy atom. The molecule has 0 aliphatic heterocycles. The molecule has 0 heterocycles. The minimum Gasteiger partial charge on any atom is -0.166 e. The topological polar surface area (TPSA) is 0 Å². The van der Waals surface area contributed by atoms with Crippen LogP contribution in [0.25, 0.3) is 0 Å². The summed E-state index contributed by atoms with van der Waals surface area (Å²) < 4.78 is 38.1. The van der Waals surface area contributed by atoms with Crippen LogP contribution in [-0.2, 0) is 6.18 Å². The zero-order chi connectivity index (χ0) is 15.2. The van der Waals surface area contributed by atoms with Crippen LogP contribution in [0, 0.1) is 12.8 Å². The number of hydrogen-bond donors (Lipinski definition) is 0. The molecule has 0 amide bonds. The van der Waals surface area contributed by atoms with Crippen molar-refractivity contribution in [2.24, 2.45) is 5.92 Å². The van der Waals surface area contributed by atoms with Gasteiger partial charge in [0.25, 0.3) is 0 Å². The molecule has 2 atom stereocenters. The van der Waals surface area contributed by atoms with Crippen LogP contribution in [0.1, 0.15) is 63.6 Å². The third kappa shape index (κ3) is 5.25. The molecule has 0 saturated heterocycles. The first-order valence-electron chi connectivity index (χ1n) is 6.94. The minimum absolute atomic E-state index is 0.154. The zero-order valence-corrected chi connectivity index (χ0v) is 12.7. The fraction of sp³-hybridized carbons (Fsp3) is 0.625. The predicted molar refractivity (Wildman–Crippen MR) is 75.4 cm³/mol. The summed E-state index contributed by atoms with van der Waals surface area (Å²) in [5.41, 5.74) is 0.916.